The molecule has 1 heterocycles. The average molecular weight is 427 g/mol. The van der Waals surface area contributed by atoms with E-state index in [1.807, 2.05) is 6.08 Å². The molecule has 0 aromatic heterocycles. The van der Waals surface area contributed by atoms with Crippen molar-refractivity contribution in [2.24, 2.45) is 15.6 Å². The standard InChI is InChI=1S/C22H26N4O3S/c1-13-8-17(12-22(3,4)11-13)25-26-21-24-20(29)18(30-21)10-19(28)23-16-7-5-6-15(9-16)14(2)27/h5-9,18H,10-12H2,1-4H3,(H,23,28)(H,24,26,29). The SMILES string of the molecule is CC(=O)c1cccc(NC(=O)CC2S/C(=N/N=C3C=C(C)CC(C)(C)C3)NC2=O)c1. The number of Topliss-reactive ketones (excluding diaryl/α,β-unsaturated/α-hetero) is 1. The fourth-order valence-electron chi connectivity index (χ4n) is 3.65. The molecule has 1 unspecified atom stereocenters. The lowest BCUT2D eigenvalue weighted by Crippen LogP contribution is -2.28. The van der Waals surface area contributed by atoms with Gasteiger partial charge in [-0.25, -0.2) is 0 Å². The van der Waals surface area contributed by atoms with Gasteiger partial charge in [-0.2, -0.15) is 5.10 Å². The molecule has 3 rings (SSSR count). The van der Waals surface area contributed by atoms with E-state index in [2.05, 4.69) is 41.6 Å². The van der Waals surface area contributed by atoms with Crippen molar-refractivity contribution in [1.29, 1.82) is 0 Å². The van der Waals surface area contributed by atoms with E-state index in [0.717, 1.165) is 18.6 Å². The lowest BCUT2D eigenvalue weighted by molar-refractivity contribution is -0.122. The normalized spacial score (nSPS) is 23.3. The molecular weight excluding hydrogens is 400 g/mol. The van der Waals surface area contributed by atoms with Crippen LogP contribution in [0.15, 0.2) is 46.1 Å². The van der Waals surface area contributed by atoms with Crippen molar-refractivity contribution in [1.82, 2.24) is 5.32 Å². The molecule has 30 heavy (non-hydrogen) atoms. The van der Waals surface area contributed by atoms with Crippen LogP contribution in [0.2, 0.25) is 0 Å². The minimum absolute atomic E-state index is 0.00241. The zero-order chi connectivity index (χ0) is 21.9. The molecule has 1 saturated heterocycles. The molecule has 8 heteroatoms. The molecule has 1 aromatic rings. The number of allylic oxidation sites excluding steroid dienone is 2. The first kappa shape index (κ1) is 22.0. The Morgan fingerprint density at radius 2 is 2.03 bits per heavy atom. The van der Waals surface area contributed by atoms with Crippen LogP contribution < -0.4 is 10.6 Å². The van der Waals surface area contributed by atoms with E-state index >= 15 is 0 Å². The summed E-state index contributed by atoms with van der Waals surface area (Å²) in [7, 11) is 0. The summed E-state index contributed by atoms with van der Waals surface area (Å²) in [4.78, 5) is 36.0. The number of thioether (sulfide) groups is 1. The van der Waals surface area contributed by atoms with E-state index in [0.29, 0.717) is 16.4 Å². The van der Waals surface area contributed by atoms with Gasteiger partial charge in [0.1, 0.15) is 5.25 Å². The number of amides is 2. The Hall–Kier alpha value is -2.74. The first-order chi connectivity index (χ1) is 14.1. The summed E-state index contributed by atoms with van der Waals surface area (Å²) >= 11 is 1.20. The Balaban J connectivity index is 1.60. The minimum Gasteiger partial charge on any atom is -0.326 e. The molecule has 2 aliphatic rings. The zero-order valence-corrected chi connectivity index (χ0v) is 18.4. The van der Waals surface area contributed by atoms with Gasteiger partial charge in [0, 0.05) is 17.7 Å². The van der Waals surface area contributed by atoms with Crippen molar-refractivity contribution in [3.63, 3.8) is 0 Å². The van der Waals surface area contributed by atoms with Crippen LogP contribution in [0.25, 0.3) is 0 Å². The lowest BCUT2D eigenvalue weighted by Gasteiger charge is -2.28. The van der Waals surface area contributed by atoms with Gasteiger partial charge in [-0.15, -0.1) is 5.10 Å². The fraction of sp³-hybridized carbons (Fsp3) is 0.409. The monoisotopic (exact) mass is 426 g/mol. The van der Waals surface area contributed by atoms with Gasteiger partial charge in [0.05, 0.1) is 5.71 Å². The quantitative estimate of drug-likeness (QED) is 0.550. The van der Waals surface area contributed by atoms with E-state index in [1.165, 1.54) is 24.3 Å². The Kier molecular flexibility index (Phi) is 6.55. The molecular formula is C22H26N4O3S. The Morgan fingerprint density at radius 3 is 2.73 bits per heavy atom. The topological polar surface area (TPSA) is 100.0 Å². The number of ketones is 1. The molecule has 0 saturated carbocycles. The molecule has 7 nitrogen and oxygen atoms in total. The Bertz CT molecular complexity index is 978. The van der Waals surface area contributed by atoms with E-state index in [4.69, 9.17) is 0 Å². The van der Waals surface area contributed by atoms with Crippen LogP contribution in [-0.2, 0) is 9.59 Å². The number of amidine groups is 1. The molecule has 1 atom stereocenters. The van der Waals surface area contributed by atoms with Crippen LogP contribution in [0.3, 0.4) is 0 Å². The highest BCUT2D eigenvalue weighted by Crippen LogP contribution is 2.34. The zero-order valence-electron chi connectivity index (χ0n) is 17.6. The van der Waals surface area contributed by atoms with E-state index in [-0.39, 0.29) is 29.4 Å². The molecule has 1 aliphatic carbocycles. The van der Waals surface area contributed by atoms with E-state index < -0.39 is 5.25 Å². The summed E-state index contributed by atoms with van der Waals surface area (Å²) in [5.41, 5.74) is 3.34. The molecule has 0 bridgehead atoms. The molecule has 0 spiro atoms. The highest BCUT2D eigenvalue weighted by molar-refractivity contribution is 8.15. The summed E-state index contributed by atoms with van der Waals surface area (Å²) in [6, 6.07) is 6.71. The summed E-state index contributed by atoms with van der Waals surface area (Å²) in [6.07, 6.45) is 3.89. The van der Waals surface area contributed by atoms with Crippen LogP contribution >= 0.6 is 11.8 Å². The van der Waals surface area contributed by atoms with Crippen molar-refractivity contribution in [2.45, 2.75) is 52.2 Å². The van der Waals surface area contributed by atoms with Crippen molar-refractivity contribution in [2.75, 3.05) is 5.32 Å². The van der Waals surface area contributed by atoms with Crippen LogP contribution in [0, 0.1) is 5.41 Å². The van der Waals surface area contributed by atoms with Crippen LogP contribution in [0.4, 0.5) is 5.69 Å². The number of carbonyl (C=O) groups excluding carboxylic acids is 3. The van der Waals surface area contributed by atoms with Gasteiger partial charge in [-0.3, -0.25) is 14.4 Å². The van der Waals surface area contributed by atoms with Gasteiger partial charge in [0.15, 0.2) is 11.0 Å². The van der Waals surface area contributed by atoms with E-state index in [1.54, 1.807) is 24.3 Å². The molecule has 1 aliphatic heterocycles. The van der Waals surface area contributed by atoms with E-state index in [9.17, 15) is 14.4 Å². The molecule has 158 valence electrons. The highest BCUT2D eigenvalue weighted by Gasteiger charge is 2.32. The second-order valence-corrected chi connectivity index (χ2v) is 9.68. The third-order valence-corrected chi connectivity index (χ3v) is 5.87. The maximum Gasteiger partial charge on any atom is 0.240 e. The Morgan fingerprint density at radius 1 is 1.27 bits per heavy atom. The number of rotatable bonds is 5. The average Bonchev–Trinajstić information content (AvgIpc) is 2.98. The number of anilines is 1. The minimum atomic E-state index is -0.569. The molecule has 2 amide bonds. The number of hydrogen-bond acceptors (Lipinski definition) is 6. The second kappa shape index (κ2) is 8.95. The summed E-state index contributed by atoms with van der Waals surface area (Å²) < 4.78 is 0. The van der Waals surface area contributed by atoms with Crippen molar-refractivity contribution < 1.29 is 14.4 Å². The number of nitrogens with one attached hydrogen (secondary N) is 2. The predicted molar refractivity (Wildman–Crippen MR) is 121 cm³/mol. The molecule has 0 radical (unpaired) electrons. The van der Waals surface area contributed by atoms with Gasteiger partial charge in [-0.1, -0.05) is 43.3 Å². The van der Waals surface area contributed by atoms with Gasteiger partial charge in [-0.05, 0) is 50.3 Å². The summed E-state index contributed by atoms with van der Waals surface area (Å²) in [6.45, 7) is 7.93. The van der Waals surface area contributed by atoms with Crippen molar-refractivity contribution in [3.8, 4) is 0 Å². The summed E-state index contributed by atoms with van der Waals surface area (Å²) in [5.74, 6) is -0.642. The largest absolute Gasteiger partial charge is 0.326 e. The smallest absolute Gasteiger partial charge is 0.240 e. The number of hydrogen-bond donors (Lipinski definition) is 2. The third-order valence-electron chi connectivity index (χ3n) is 4.80. The van der Waals surface area contributed by atoms with Crippen LogP contribution in [0.1, 0.15) is 57.3 Å². The van der Waals surface area contributed by atoms with Gasteiger partial charge in [0.25, 0.3) is 0 Å². The van der Waals surface area contributed by atoms with Crippen LogP contribution in [0.5, 0.6) is 0 Å². The molecule has 2 N–H and O–H groups in total. The van der Waals surface area contributed by atoms with Gasteiger partial charge >= 0.3 is 0 Å². The predicted octanol–water partition coefficient (Wildman–Crippen LogP) is 3.93. The number of carbonyl (C=O) groups is 3. The fourth-order valence-corrected chi connectivity index (χ4v) is 4.57. The first-order valence-electron chi connectivity index (χ1n) is 9.81. The van der Waals surface area contributed by atoms with Crippen molar-refractivity contribution in [3.05, 3.63) is 41.5 Å². The molecule has 1 aromatic carbocycles. The number of nitrogens with zero attached hydrogens (tertiary/aromatic N) is 2. The number of benzene rings is 1. The maximum absolute atomic E-state index is 12.4. The van der Waals surface area contributed by atoms with Crippen LogP contribution in [-0.4, -0.2) is 33.7 Å². The highest BCUT2D eigenvalue weighted by atomic mass is 32.2. The Labute approximate surface area is 180 Å². The lowest BCUT2D eigenvalue weighted by atomic mass is 9.77. The second-order valence-electron chi connectivity index (χ2n) is 8.49. The summed E-state index contributed by atoms with van der Waals surface area (Å²) in [5, 5.41) is 13.8. The first-order valence-corrected chi connectivity index (χ1v) is 10.7. The van der Waals surface area contributed by atoms with Crippen molar-refractivity contribution >= 4 is 45.9 Å². The van der Waals surface area contributed by atoms with Gasteiger partial charge < -0.3 is 10.6 Å². The molecule has 1 fully saturated rings. The third kappa shape index (κ3) is 5.89. The van der Waals surface area contributed by atoms with Gasteiger partial charge in [0.2, 0.25) is 11.8 Å². The maximum atomic E-state index is 12.4.